The Kier molecular flexibility index (Phi) is 6.61. The molecule has 166 valence electrons. The Balaban J connectivity index is 1.46. The minimum absolute atomic E-state index is 0.0426. The number of hydrogen-bond donors (Lipinski definition) is 1. The van der Waals surface area contributed by atoms with Crippen LogP contribution in [-0.4, -0.2) is 50.3 Å². The number of rotatable bonds is 7. The summed E-state index contributed by atoms with van der Waals surface area (Å²) in [6, 6.07) is 12.7. The summed E-state index contributed by atoms with van der Waals surface area (Å²) in [5.74, 6) is 1.68. The molecule has 6 nitrogen and oxygen atoms in total. The molecular formula is C24H30FN3O3. The third kappa shape index (κ3) is 5.28. The normalized spacial score (nSPS) is 17.1. The summed E-state index contributed by atoms with van der Waals surface area (Å²) in [6.45, 7) is 8.24. The molecule has 31 heavy (non-hydrogen) atoms. The van der Waals surface area contributed by atoms with Crippen LogP contribution in [0.4, 0.5) is 10.1 Å². The summed E-state index contributed by atoms with van der Waals surface area (Å²) >= 11 is 0. The lowest BCUT2D eigenvalue weighted by molar-refractivity contribution is -0.122. The van der Waals surface area contributed by atoms with Crippen LogP contribution in [-0.2, 0) is 4.79 Å². The number of amides is 1. The van der Waals surface area contributed by atoms with E-state index in [4.69, 9.17) is 9.47 Å². The van der Waals surface area contributed by atoms with Crippen LogP contribution in [0.3, 0.4) is 0 Å². The molecule has 1 fully saturated rings. The molecule has 2 aliphatic heterocycles. The highest BCUT2D eigenvalue weighted by molar-refractivity contribution is 5.76. The number of benzene rings is 2. The van der Waals surface area contributed by atoms with Crippen LogP contribution < -0.4 is 19.7 Å². The zero-order valence-corrected chi connectivity index (χ0v) is 18.1. The lowest BCUT2D eigenvalue weighted by Crippen LogP contribution is -2.50. The molecule has 7 heteroatoms. The Morgan fingerprint density at radius 1 is 1.03 bits per heavy atom. The van der Waals surface area contributed by atoms with Gasteiger partial charge in [-0.2, -0.15) is 0 Å². The zero-order valence-electron chi connectivity index (χ0n) is 18.1. The minimum atomic E-state index is -0.220. The van der Waals surface area contributed by atoms with Crippen LogP contribution >= 0.6 is 0 Å². The lowest BCUT2D eigenvalue weighted by atomic mass is 10.0. The van der Waals surface area contributed by atoms with E-state index in [1.165, 1.54) is 12.1 Å². The van der Waals surface area contributed by atoms with E-state index >= 15 is 0 Å². The predicted octanol–water partition coefficient (Wildman–Crippen LogP) is 3.58. The van der Waals surface area contributed by atoms with E-state index in [0.717, 1.165) is 48.9 Å². The molecule has 0 spiro atoms. The van der Waals surface area contributed by atoms with Gasteiger partial charge in [0.2, 0.25) is 12.7 Å². The number of fused-ring (bicyclic) bond motifs is 1. The lowest BCUT2D eigenvalue weighted by Gasteiger charge is -2.40. The van der Waals surface area contributed by atoms with Gasteiger partial charge in [0.25, 0.3) is 0 Å². The van der Waals surface area contributed by atoms with Crippen LogP contribution in [0.5, 0.6) is 11.5 Å². The van der Waals surface area contributed by atoms with Gasteiger partial charge in [-0.05, 0) is 47.9 Å². The van der Waals surface area contributed by atoms with E-state index < -0.39 is 0 Å². The van der Waals surface area contributed by atoms with Crippen molar-refractivity contribution in [3.63, 3.8) is 0 Å². The van der Waals surface area contributed by atoms with Gasteiger partial charge in [0, 0.05) is 44.8 Å². The first kappa shape index (κ1) is 21.4. The van der Waals surface area contributed by atoms with Crippen LogP contribution in [0.2, 0.25) is 0 Å². The molecule has 4 rings (SSSR count). The Morgan fingerprint density at radius 3 is 2.45 bits per heavy atom. The number of hydrogen-bond acceptors (Lipinski definition) is 5. The van der Waals surface area contributed by atoms with Crippen molar-refractivity contribution >= 4 is 11.6 Å². The molecule has 1 N–H and O–H groups in total. The second-order valence-electron chi connectivity index (χ2n) is 8.53. The van der Waals surface area contributed by atoms with E-state index in [1.54, 1.807) is 0 Å². The van der Waals surface area contributed by atoms with E-state index in [2.05, 4.69) is 21.2 Å². The Labute approximate surface area is 182 Å². The van der Waals surface area contributed by atoms with E-state index in [0.29, 0.717) is 18.9 Å². The highest BCUT2D eigenvalue weighted by atomic mass is 19.1. The number of anilines is 1. The molecule has 1 atom stereocenters. The molecule has 0 aliphatic carbocycles. The summed E-state index contributed by atoms with van der Waals surface area (Å²) < 4.78 is 24.3. The fourth-order valence-electron chi connectivity index (χ4n) is 4.18. The number of carbonyl (C=O) groups excluding carboxylic acids is 1. The molecule has 0 unspecified atom stereocenters. The molecule has 2 aliphatic rings. The summed E-state index contributed by atoms with van der Waals surface area (Å²) in [5, 5.41) is 3.12. The molecular weight excluding hydrogens is 397 g/mol. The van der Waals surface area contributed by atoms with Gasteiger partial charge in [0.05, 0.1) is 6.04 Å². The standard InChI is InChI=1S/C24H30FN3O3/c1-17(2)13-24(29)26-15-21(18-3-8-22-23(14-18)31-16-30-22)28-11-9-27(10-12-28)20-6-4-19(25)5-7-20/h3-8,14,17,21H,9-13,15-16H2,1-2H3,(H,26,29)/t21-/m1/s1. The summed E-state index contributed by atoms with van der Waals surface area (Å²) in [4.78, 5) is 17.0. The largest absolute Gasteiger partial charge is 0.454 e. The predicted molar refractivity (Wildman–Crippen MR) is 118 cm³/mol. The number of ether oxygens (including phenoxy) is 2. The Bertz CT molecular complexity index is 895. The maximum Gasteiger partial charge on any atom is 0.231 e. The highest BCUT2D eigenvalue weighted by Crippen LogP contribution is 2.35. The first-order valence-electron chi connectivity index (χ1n) is 10.9. The van der Waals surface area contributed by atoms with E-state index in [1.807, 2.05) is 38.1 Å². The second kappa shape index (κ2) is 9.56. The topological polar surface area (TPSA) is 54.0 Å². The number of nitrogens with one attached hydrogen (secondary N) is 1. The molecule has 2 aromatic carbocycles. The molecule has 0 saturated carbocycles. The summed E-state index contributed by atoms with van der Waals surface area (Å²) in [5.41, 5.74) is 2.13. The van der Waals surface area contributed by atoms with E-state index in [9.17, 15) is 9.18 Å². The van der Waals surface area contributed by atoms with E-state index in [-0.39, 0.29) is 24.6 Å². The van der Waals surface area contributed by atoms with Crippen molar-refractivity contribution in [3.05, 3.63) is 53.8 Å². The molecule has 0 aromatic heterocycles. The monoisotopic (exact) mass is 427 g/mol. The quantitative estimate of drug-likeness (QED) is 0.732. The van der Waals surface area contributed by atoms with Gasteiger partial charge in [-0.15, -0.1) is 0 Å². The van der Waals surface area contributed by atoms with Crippen molar-refractivity contribution in [2.24, 2.45) is 5.92 Å². The summed E-state index contributed by atoms with van der Waals surface area (Å²) in [6.07, 6.45) is 0.520. The molecule has 2 aromatic rings. The molecule has 0 bridgehead atoms. The fraction of sp³-hybridized carbons (Fsp3) is 0.458. The maximum absolute atomic E-state index is 13.3. The van der Waals surface area contributed by atoms with Crippen molar-refractivity contribution in [1.82, 2.24) is 10.2 Å². The molecule has 2 heterocycles. The fourth-order valence-corrected chi connectivity index (χ4v) is 4.18. The van der Waals surface area contributed by atoms with Crippen LogP contribution in [0.25, 0.3) is 0 Å². The van der Waals surface area contributed by atoms with Gasteiger partial charge in [-0.3, -0.25) is 9.69 Å². The maximum atomic E-state index is 13.3. The van der Waals surface area contributed by atoms with Crippen molar-refractivity contribution in [3.8, 4) is 11.5 Å². The third-order valence-electron chi connectivity index (χ3n) is 5.81. The minimum Gasteiger partial charge on any atom is -0.454 e. The van der Waals surface area contributed by atoms with Crippen LogP contribution in [0, 0.1) is 11.7 Å². The van der Waals surface area contributed by atoms with Gasteiger partial charge >= 0.3 is 0 Å². The van der Waals surface area contributed by atoms with Crippen LogP contribution in [0.1, 0.15) is 31.9 Å². The number of carbonyl (C=O) groups is 1. The van der Waals surface area contributed by atoms with Gasteiger partial charge in [-0.1, -0.05) is 19.9 Å². The molecule has 0 radical (unpaired) electrons. The Hall–Kier alpha value is -2.80. The van der Waals surface area contributed by atoms with Crippen molar-refractivity contribution in [2.75, 3.05) is 44.4 Å². The summed E-state index contributed by atoms with van der Waals surface area (Å²) in [7, 11) is 0. The SMILES string of the molecule is CC(C)CC(=O)NC[C@H](c1ccc2c(c1)OCO2)N1CCN(c2ccc(F)cc2)CC1. The van der Waals surface area contributed by atoms with Crippen molar-refractivity contribution in [1.29, 1.82) is 0 Å². The van der Waals surface area contributed by atoms with Gasteiger partial charge < -0.3 is 19.7 Å². The number of halogens is 1. The number of piperazine rings is 1. The van der Waals surface area contributed by atoms with Gasteiger partial charge in [0.15, 0.2) is 11.5 Å². The third-order valence-corrected chi connectivity index (χ3v) is 5.81. The van der Waals surface area contributed by atoms with Gasteiger partial charge in [-0.25, -0.2) is 4.39 Å². The molecule has 1 amide bonds. The Morgan fingerprint density at radius 2 is 1.74 bits per heavy atom. The van der Waals surface area contributed by atoms with Gasteiger partial charge in [0.1, 0.15) is 5.82 Å². The smallest absolute Gasteiger partial charge is 0.231 e. The first-order chi connectivity index (χ1) is 15.0. The zero-order chi connectivity index (χ0) is 21.8. The number of nitrogens with zero attached hydrogens (tertiary/aromatic N) is 2. The highest BCUT2D eigenvalue weighted by Gasteiger charge is 2.27. The van der Waals surface area contributed by atoms with Crippen LogP contribution in [0.15, 0.2) is 42.5 Å². The first-order valence-corrected chi connectivity index (χ1v) is 10.9. The molecule has 1 saturated heterocycles. The average Bonchev–Trinajstić information content (AvgIpc) is 3.22. The van der Waals surface area contributed by atoms with Crippen molar-refractivity contribution < 1.29 is 18.7 Å². The second-order valence-corrected chi connectivity index (χ2v) is 8.53. The van der Waals surface area contributed by atoms with Crippen molar-refractivity contribution in [2.45, 2.75) is 26.3 Å². The average molecular weight is 428 g/mol.